The first-order chi connectivity index (χ1) is 8.75. The molecule has 0 spiro atoms. The van der Waals surface area contributed by atoms with Crippen LogP contribution in [0.1, 0.15) is 37.7 Å². The van der Waals surface area contributed by atoms with Gasteiger partial charge in [-0.15, -0.1) is 24.0 Å². The third kappa shape index (κ3) is 5.34. The Hall–Kier alpha value is -0.850. The molecule has 1 saturated carbocycles. The Morgan fingerprint density at radius 1 is 1.26 bits per heavy atom. The van der Waals surface area contributed by atoms with Crippen LogP contribution in [-0.2, 0) is 6.54 Å². The van der Waals surface area contributed by atoms with E-state index in [1.807, 2.05) is 0 Å². The third-order valence-corrected chi connectivity index (χ3v) is 3.33. The fraction of sp³-hybridized carbons (Fsp3) is 0.500. The molecule has 1 fully saturated rings. The van der Waals surface area contributed by atoms with Crippen molar-refractivity contribution in [3.05, 3.63) is 35.6 Å². The van der Waals surface area contributed by atoms with Crippen molar-refractivity contribution in [3.8, 4) is 0 Å². The molecule has 1 aromatic rings. The quantitative estimate of drug-likeness (QED) is 0.483. The van der Waals surface area contributed by atoms with E-state index in [0.29, 0.717) is 17.6 Å². The topological polar surface area (TPSA) is 50.4 Å². The van der Waals surface area contributed by atoms with Crippen molar-refractivity contribution < 1.29 is 4.39 Å². The molecule has 19 heavy (non-hydrogen) atoms. The lowest BCUT2D eigenvalue weighted by Crippen LogP contribution is -2.41. The molecule has 1 aliphatic carbocycles. The number of hydrogen-bond donors (Lipinski definition) is 2. The molecule has 3 N–H and O–H groups in total. The van der Waals surface area contributed by atoms with Gasteiger partial charge in [0.2, 0.25) is 0 Å². The van der Waals surface area contributed by atoms with Crippen molar-refractivity contribution in [1.29, 1.82) is 0 Å². The molecule has 0 atom stereocenters. The highest BCUT2D eigenvalue weighted by Crippen LogP contribution is 2.17. The fourth-order valence-electron chi connectivity index (χ4n) is 2.30. The Bertz CT molecular complexity index is 417. The van der Waals surface area contributed by atoms with Gasteiger partial charge in [-0.2, -0.15) is 0 Å². The van der Waals surface area contributed by atoms with E-state index < -0.39 is 0 Å². The van der Waals surface area contributed by atoms with Gasteiger partial charge < -0.3 is 11.1 Å². The van der Waals surface area contributed by atoms with Crippen molar-refractivity contribution in [1.82, 2.24) is 5.32 Å². The summed E-state index contributed by atoms with van der Waals surface area (Å²) in [6.45, 7) is 0.290. The number of nitrogens with zero attached hydrogens (tertiary/aromatic N) is 1. The van der Waals surface area contributed by atoms with E-state index in [-0.39, 0.29) is 36.3 Å². The van der Waals surface area contributed by atoms with E-state index in [4.69, 9.17) is 5.73 Å². The predicted octanol–water partition coefficient (Wildman–Crippen LogP) is 3.18. The molecule has 0 heterocycles. The van der Waals surface area contributed by atoms with Crippen LogP contribution < -0.4 is 11.1 Å². The first-order valence-electron chi connectivity index (χ1n) is 6.55. The molecular weight excluding hydrogens is 356 g/mol. The smallest absolute Gasteiger partial charge is 0.189 e. The summed E-state index contributed by atoms with van der Waals surface area (Å²) in [5, 5.41) is 3.21. The first kappa shape index (κ1) is 16.2. The first-order valence-corrected chi connectivity index (χ1v) is 6.55. The van der Waals surface area contributed by atoms with E-state index >= 15 is 0 Å². The van der Waals surface area contributed by atoms with Gasteiger partial charge in [0, 0.05) is 11.6 Å². The highest BCUT2D eigenvalue weighted by Gasteiger charge is 2.13. The Kier molecular flexibility index (Phi) is 7.12. The summed E-state index contributed by atoms with van der Waals surface area (Å²) in [7, 11) is 0. The van der Waals surface area contributed by atoms with Crippen LogP contribution in [0.4, 0.5) is 4.39 Å². The van der Waals surface area contributed by atoms with Crippen molar-refractivity contribution in [2.75, 3.05) is 0 Å². The number of hydrogen-bond acceptors (Lipinski definition) is 1. The SMILES string of the molecule is I.NC(=NCc1ccccc1F)NC1CCCCC1. The second kappa shape index (κ2) is 8.35. The van der Waals surface area contributed by atoms with Gasteiger partial charge in [0.05, 0.1) is 6.54 Å². The summed E-state index contributed by atoms with van der Waals surface area (Å²) in [5.41, 5.74) is 6.39. The van der Waals surface area contributed by atoms with Crippen molar-refractivity contribution in [2.45, 2.75) is 44.7 Å². The minimum Gasteiger partial charge on any atom is -0.370 e. The van der Waals surface area contributed by atoms with Crippen LogP contribution in [0.25, 0.3) is 0 Å². The van der Waals surface area contributed by atoms with Crippen LogP contribution in [0.3, 0.4) is 0 Å². The average molecular weight is 377 g/mol. The molecule has 0 amide bonds. The Balaban J connectivity index is 0.00000180. The number of aliphatic imine (C=N–C) groups is 1. The molecule has 3 nitrogen and oxygen atoms in total. The summed E-state index contributed by atoms with van der Waals surface area (Å²) in [6.07, 6.45) is 6.10. The zero-order chi connectivity index (χ0) is 12.8. The Morgan fingerprint density at radius 3 is 2.63 bits per heavy atom. The number of nitrogens with one attached hydrogen (secondary N) is 1. The van der Waals surface area contributed by atoms with Gasteiger partial charge in [0.25, 0.3) is 0 Å². The summed E-state index contributed by atoms with van der Waals surface area (Å²) < 4.78 is 13.4. The van der Waals surface area contributed by atoms with Crippen LogP contribution in [0.5, 0.6) is 0 Å². The molecule has 2 rings (SSSR count). The van der Waals surface area contributed by atoms with Crippen molar-refractivity contribution in [2.24, 2.45) is 10.7 Å². The largest absolute Gasteiger partial charge is 0.370 e. The van der Waals surface area contributed by atoms with Crippen LogP contribution in [0.2, 0.25) is 0 Å². The maximum absolute atomic E-state index is 13.4. The number of halogens is 2. The second-order valence-electron chi connectivity index (χ2n) is 4.77. The molecule has 0 saturated heterocycles. The summed E-state index contributed by atoms with van der Waals surface area (Å²) >= 11 is 0. The van der Waals surface area contributed by atoms with Gasteiger partial charge in [-0.3, -0.25) is 0 Å². The van der Waals surface area contributed by atoms with Crippen LogP contribution >= 0.6 is 24.0 Å². The molecule has 0 aliphatic heterocycles. The van der Waals surface area contributed by atoms with Gasteiger partial charge in [0.15, 0.2) is 5.96 Å². The summed E-state index contributed by atoms with van der Waals surface area (Å²) in [4.78, 5) is 4.19. The van der Waals surface area contributed by atoms with Crippen LogP contribution in [0.15, 0.2) is 29.3 Å². The monoisotopic (exact) mass is 377 g/mol. The Morgan fingerprint density at radius 2 is 1.95 bits per heavy atom. The normalized spacial score (nSPS) is 16.8. The van der Waals surface area contributed by atoms with Gasteiger partial charge in [-0.05, 0) is 18.9 Å². The standard InChI is InChI=1S/C14H20FN3.HI/c15-13-9-5-4-6-11(13)10-17-14(16)18-12-7-2-1-3-8-12;/h4-6,9,12H,1-3,7-8,10H2,(H3,16,17,18);1H. The number of benzene rings is 1. The summed E-state index contributed by atoms with van der Waals surface area (Å²) in [6, 6.07) is 7.08. The fourth-order valence-corrected chi connectivity index (χ4v) is 2.30. The van der Waals surface area contributed by atoms with E-state index in [9.17, 15) is 4.39 Å². The van der Waals surface area contributed by atoms with Gasteiger partial charge in [-0.25, -0.2) is 9.38 Å². The van der Waals surface area contributed by atoms with Gasteiger partial charge >= 0.3 is 0 Å². The lowest BCUT2D eigenvalue weighted by atomic mass is 9.96. The predicted molar refractivity (Wildman–Crippen MR) is 87.2 cm³/mol. The summed E-state index contributed by atoms with van der Waals surface area (Å²) in [5.74, 6) is 0.192. The van der Waals surface area contributed by atoms with Crippen LogP contribution in [-0.4, -0.2) is 12.0 Å². The van der Waals surface area contributed by atoms with Crippen molar-refractivity contribution in [3.63, 3.8) is 0 Å². The molecule has 5 heteroatoms. The number of rotatable bonds is 3. The number of guanidine groups is 1. The molecule has 0 radical (unpaired) electrons. The van der Waals surface area contributed by atoms with E-state index in [2.05, 4.69) is 10.3 Å². The van der Waals surface area contributed by atoms with E-state index in [0.717, 1.165) is 12.8 Å². The van der Waals surface area contributed by atoms with Crippen LogP contribution in [0, 0.1) is 5.82 Å². The minimum atomic E-state index is -0.230. The molecule has 0 aromatic heterocycles. The molecule has 1 aromatic carbocycles. The molecule has 106 valence electrons. The average Bonchev–Trinajstić information content (AvgIpc) is 2.39. The molecule has 0 bridgehead atoms. The molecule has 0 unspecified atom stereocenters. The lowest BCUT2D eigenvalue weighted by Gasteiger charge is -2.23. The minimum absolute atomic E-state index is 0. The van der Waals surface area contributed by atoms with E-state index in [1.165, 1.54) is 25.3 Å². The maximum atomic E-state index is 13.4. The number of nitrogens with two attached hydrogens (primary N) is 1. The highest BCUT2D eigenvalue weighted by molar-refractivity contribution is 14.0. The van der Waals surface area contributed by atoms with Crippen molar-refractivity contribution >= 4 is 29.9 Å². The zero-order valence-corrected chi connectivity index (χ0v) is 13.3. The highest BCUT2D eigenvalue weighted by atomic mass is 127. The Labute approximate surface area is 130 Å². The van der Waals surface area contributed by atoms with Gasteiger partial charge in [0.1, 0.15) is 5.82 Å². The van der Waals surface area contributed by atoms with Gasteiger partial charge in [-0.1, -0.05) is 37.5 Å². The lowest BCUT2D eigenvalue weighted by molar-refractivity contribution is 0.412. The third-order valence-electron chi connectivity index (χ3n) is 3.33. The van der Waals surface area contributed by atoms with E-state index in [1.54, 1.807) is 18.2 Å². The second-order valence-corrected chi connectivity index (χ2v) is 4.77. The molecular formula is C14H21FIN3. The molecule has 1 aliphatic rings. The maximum Gasteiger partial charge on any atom is 0.189 e. The zero-order valence-electron chi connectivity index (χ0n) is 10.9.